The average molecular weight is 289 g/mol. The van der Waals surface area contributed by atoms with E-state index < -0.39 is 0 Å². The summed E-state index contributed by atoms with van der Waals surface area (Å²) in [5.74, 6) is -0.159. The van der Waals surface area contributed by atoms with E-state index in [9.17, 15) is 9.90 Å². The van der Waals surface area contributed by atoms with Crippen LogP contribution in [-0.4, -0.2) is 41.7 Å². The van der Waals surface area contributed by atoms with Crippen molar-refractivity contribution < 1.29 is 9.90 Å². The summed E-state index contributed by atoms with van der Waals surface area (Å²) in [6.45, 7) is 1.52. The molecule has 1 fully saturated rings. The largest absolute Gasteiger partial charge is 0.392 e. The van der Waals surface area contributed by atoms with Crippen molar-refractivity contribution in [1.29, 1.82) is 0 Å². The molecule has 18 heavy (non-hydrogen) atoms. The Balaban J connectivity index is 1.92. The molecular formula is C12H14Cl2N2O2. The van der Waals surface area contributed by atoms with Crippen LogP contribution in [0.2, 0.25) is 10.0 Å². The molecule has 6 heteroatoms. The Kier molecular flexibility index (Phi) is 4.45. The van der Waals surface area contributed by atoms with Crippen LogP contribution in [0.5, 0.6) is 0 Å². The highest BCUT2D eigenvalue weighted by Gasteiger charge is 2.22. The maximum absolute atomic E-state index is 11.8. The van der Waals surface area contributed by atoms with Gasteiger partial charge in [0.1, 0.15) is 0 Å². The maximum Gasteiger partial charge on any atom is 0.238 e. The lowest BCUT2D eigenvalue weighted by molar-refractivity contribution is -0.117. The molecule has 2 rings (SSSR count). The number of hydrogen-bond donors (Lipinski definition) is 2. The number of amides is 1. The number of rotatable bonds is 3. The van der Waals surface area contributed by atoms with E-state index >= 15 is 0 Å². The van der Waals surface area contributed by atoms with E-state index in [0.717, 1.165) is 6.54 Å². The molecule has 0 saturated carbocycles. The normalized spacial score (nSPS) is 20.1. The van der Waals surface area contributed by atoms with Crippen LogP contribution in [0.4, 0.5) is 5.69 Å². The van der Waals surface area contributed by atoms with E-state index in [1.165, 1.54) is 0 Å². The van der Waals surface area contributed by atoms with Crippen LogP contribution in [0.15, 0.2) is 18.2 Å². The maximum atomic E-state index is 11.8. The molecule has 4 nitrogen and oxygen atoms in total. The van der Waals surface area contributed by atoms with Crippen LogP contribution in [0.1, 0.15) is 6.42 Å². The zero-order valence-electron chi connectivity index (χ0n) is 9.70. The van der Waals surface area contributed by atoms with Gasteiger partial charge in [-0.3, -0.25) is 9.69 Å². The van der Waals surface area contributed by atoms with Gasteiger partial charge >= 0.3 is 0 Å². The highest BCUT2D eigenvalue weighted by molar-refractivity contribution is 6.35. The third kappa shape index (κ3) is 3.59. The van der Waals surface area contributed by atoms with E-state index in [0.29, 0.717) is 28.7 Å². The fraction of sp³-hybridized carbons (Fsp3) is 0.417. The topological polar surface area (TPSA) is 52.6 Å². The predicted molar refractivity (Wildman–Crippen MR) is 72.2 cm³/mol. The summed E-state index contributed by atoms with van der Waals surface area (Å²) < 4.78 is 0. The summed E-state index contributed by atoms with van der Waals surface area (Å²) in [4.78, 5) is 13.7. The van der Waals surface area contributed by atoms with Crippen LogP contribution in [-0.2, 0) is 4.79 Å². The van der Waals surface area contributed by atoms with Gasteiger partial charge in [-0.1, -0.05) is 23.2 Å². The zero-order valence-corrected chi connectivity index (χ0v) is 11.2. The van der Waals surface area contributed by atoms with Gasteiger partial charge in [-0.15, -0.1) is 0 Å². The zero-order chi connectivity index (χ0) is 13.1. The van der Waals surface area contributed by atoms with Crippen molar-refractivity contribution in [2.45, 2.75) is 12.5 Å². The van der Waals surface area contributed by atoms with Crippen molar-refractivity contribution in [2.24, 2.45) is 0 Å². The molecular weight excluding hydrogens is 275 g/mol. The summed E-state index contributed by atoms with van der Waals surface area (Å²) >= 11 is 11.8. The van der Waals surface area contributed by atoms with Gasteiger partial charge in [0.25, 0.3) is 0 Å². The number of hydrogen-bond acceptors (Lipinski definition) is 3. The number of benzene rings is 1. The minimum Gasteiger partial charge on any atom is -0.392 e. The molecule has 2 N–H and O–H groups in total. The van der Waals surface area contributed by atoms with Crippen LogP contribution in [0, 0.1) is 0 Å². The molecule has 1 saturated heterocycles. The fourth-order valence-electron chi connectivity index (χ4n) is 1.94. The average Bonchev–Trinajstić information content (AvgIpc) is 2.69. The van der Waals surface area contributed by atoms with Crippen LogP contribution >= 0.6 is 23.2 Å². The number of anilines is 1. The first-order valence-electron chi connectivity index (χ1n) is 5.70. The summed E-state index contributed by atoms with van der Waals surface area (Å²) in [6.07, 6.45) is 0.387. The van der Waals surface area contributed by atoms with Crippen molar-refractivity contribution in [2.75, 3.05) is 25.0 Å². The fourth-order valence-corrected chi connectivity index (χ4v) is 2.28. The summed E-state index contributed by atoms with van der Waals surface area (Å²) in [6, 6.07) is 4.91. The standard InChI is InChI=1S/C12H14Cl2N2O2/c13-8-1-2-10(14)11(5-8)15-12(18)7-16-4-3-9(17)6-16/h1-2,5,9,17H,3-4,6-7H2,(H,15,18)/t9-/m0/s1. The summed E-state index contributed by atoms with van der Waals surface area (Å²) in [7, 11) is 0. The minimum atomic E-state index is -0.326. The molecule has 1 heterocycles. The Labute approximate surface area is 115 Å². The van der Waals surface area contributed by atoms with Crippen LogP contribution in [0.25, 0.3) is 0 Å². The molecule has 1 aliphatic rings. The molecule has 0 bridgehead atoms. The van der Waals surface area contributed by atoms with Crippen molar-refractivity contribution in [1.82, 2.24) is 4.90 Å². The second-order valence-electron chi connectivity index (χ2n) is 4.35. The van der Waals surface area contributed by atoms with Gasteiger partial charge in [-0.2, -0.15) is 0 Å². The Morgan fingerprint density at radius 1 is 1.50 bits per heavy atom. The number of aliphatic hydroxyl groups excluding tert-OH is 1. The SMILES string of the molecule is O=C(CN1CC[C@H](O)C1)Nc1cc(Cl)ccc1Cl. The van der Waals surface area contributed by atoms with E-state index in [4.69, 9.17) is 23.2 Å². The lowest BCUT2D eigenvalue weighted by atomic mass is 10.3. The molecule has 98 valence electrons. The molecule has 1 aromatic rings. The smallest absolute Gasteiger partial charge is 0.238 e. The van der Waals surface area contributed by atoms with Gasteiger partial charge in [0, 0.05) is 18.1 Å². The number of likely N-dealkylation sites (tertiary alicyclic amines) is 1. The van der Waals surface area contributed by atoms with Crippen molar-refractivity contribution >= 4 is 34.8 Å². The number of carbonyl (C=O) groups excluding carboxylic acids is 1. The first-order valence-corrected chi connectivity index (χ1v) is 6.45. The first-order chi connectivity index (χ1) is 8.54. The second-order valence-corrected chi connectivity index (χ2v) is 5.19. The molecule has 1 atom stereocenters. The summed E-state index contributed by atoms with van der Waals surface area (Å²) in [5.41, 5.74) is 0.508. The van der Waals surface area contributed by atoms with Crippen molar-refractivity contribution in [3.05, 3.63) is 28.2 Å². The van der Waals surface area contributed by atoms with E-state index in [1.54, 1.807) is 18.2 Å². The first kappa shape index (κ1) is 13.6. The number of nitrogens with zero attached hydrogens (tertiary/aromatic N) is 1. The number of carbonyl (C=O) groups is 1. The highest BCUT2D eigenvalue weighted by Crippen LogP contribution is 2.25. The Hall–Kier alpha value is -0.810. The van der Waals surface area contributed by atoms with Gasteiger partial charge in [-0.05, 0) is 24.6 Å². The number of nitrogens with one attached hydrogen (secondary N) is 1. The van der Waals surface area contributed by atoms with E-state index in [2.05, 4.69) is 5.32 Å². The van der Waals surface area contributed by atoms with Gasteiger partial charge in [0.2, 0.25) is 5.91 Å². The van der Waals surface area contributed by atoms with Gasteiger partial charge < -0.3 is 10.4 Å². The van der Waals surface area contributed by atoms with Gasteiger partial charge in [-0.25, -0.2) is 0 Å². The van der Waals surface area contributed by atoms with Crippen LogP contribution < -0.4 is 5.32 Å². The number of aliphatic hydroxyl groups is 1. The lowest BCUT2D eigenvalue weighted by Gasteiger charge is -2.15. The Morgan fingerprint density at radius 2 is 2.28 bits per heavy atom. The third-order valence-corrected chi connectivity index (χ3v) is 3.38. The molecule has 1 amide bonds. The van der Waals surface area contributed by atoms with E-state index in [-0.39, 0.29) is 18.6 Å². The molecule has 0 spiro atoms. The van der Waals surface area contributed by atoms with Gasteiger partial charge in [0.05, 0.1) is 23.4 Å². The predicted octanol–water partition coefficient (Wildman–Crippen LogP) is 2.00. The van der Waals surface area contributed by atoms with Crippen LogP contribution in [0.3, 0.4) is 0 Å². The van der Waals surface area contributed by atoms with Crippen molar-refractivity contribution in [3.63, 3.8) is 0 Å². The van der Waals surface area contributed by atoms with Crippen molar-refractivity contribution in [3.8, 4) is 0 Å². The Morgan fingerprint density at radius 3 is 2.94 bits per heavy atom. The summed E-state index contributed by atoms with van der Waals surface area (Å²) in [5, 5.41) is 13.1. The number of β-amino-alcohol motifs (C(OH)–C–C–N with tert-alkyl or cyclic N) is 1. The van der Waals surface area contributed by atoms with E-state index in [1.807, 2.05) is 4.90 Å². The van der Waals surface area contributed by atoms with Gasteiger partial charge in [0.15, 0.2) is 0 Å². The molecule has 1 aromatic carbocycles. The quantitative estimate of drug-likeness (QED) is 0.895. The molecule has 0 unspecified atom stereocenters. The monoisotopic (exact) mass is 288 g/mol. The second kappa shape index (κ2) is 5.89. The highest BCUT2D eigenvalue weighted by atomic mass is 35.5. The molecule has 1 aliphatic heterocycles. The molecule has 0 aromatic heterocycles. The minimum absolute atomic E-state index is 0.159. The molecule has 0 aliphatic carbocycles. The lowest BCUT2D eigenvalue weighted by Crippen LogP contribution is -2.32. The Bertz CT molecular complexity index is 454. The molecule has 0 radical (unpaired) electrons. The number of halogens is 2. The third-order valence-electron chi connectivity index (χ3n) is 2.82.